The highest BCUT2D eigenvalue weighted by molar-refractivity contribution is 5.66. The van der Waals surface area contributed by atoms with E-state index in [1.54, 1.807) is 0 Å². The normalized spacial score (nSPS) is 40.9. The molecule has 3 fully saturated rings. The highest BCUT2D eigenvalue weighted by Gasteiger charge is 2.54. The Labute approximate surface area is 113 Å². The molecule has 0 aromatic rings. The lowest BCUT2D eigenvalue weighted by molar-refractivity contribution is -0.202. The first-order valence-corrected chi connectivity index (χ1v) is 7.29. The minimum absolute atomic E-state index is 0.147. The second-order valence-corrected chi connectivity index (χ2v) is 5.98. The summed E-state index contributed by atoms with van der Waals surface area (Å²) in [5, 5.41) is 9.90. The van der Waals surface area contributed by atoms with Gasteiger partial charge in [-0.25, -0.2) is 0 Å². The van der Waals surface area contributed by atoms with Crippen molar-refractivity contribution in [1.29, 1.82) is 0 Å². The van der Waals surface area contributed by atoms with Crippen molar-refractivity contribution in [3.8, 4) is 0 Å². The Morgan fingerprint density at radius 2 is 1.95 bits per heavy atom. The van der Waals surface area contributed by atoms with Crippen LogP contribution in [-0.4, -0.2) is 41.3 Å². The molecule has 0 amide bonds. The van der Waals surface area contributed by atoms with Crippen molar-refractivity contribution >= 4 is 5.97 Å². The quantitative estimate of drug-likeness (QED) is 0.732. The highest BCUT2D eigenvalue weighted by atomic mass is 16.8. The van der Waals surface area contributed by atoms with Gasteiger partial charge in [0.2, 0.25) is 0 Å². The lowest BCUT2D eigenvalue weighted by Crippen LogP contribution is -2.46. The fourth-order valence-corrected chi connectivity index (χ4v) is 3.61. The molecule has 0 aromatic heterocycles. The maximum atomic E-state index is 11.2. The lowest BCUT2D eigenvalue weighted by Gasteiger charge is -2.33. The summed E-state index contributed by atoms with van der Waals surface area (Å²) in [6.07, 6.45) is 5.05. The second kappa shape index (κ2) is 5.04. The Bertz CT molecular complexity index is 350. The van der Waals surface area contributed by atoms with E-state index in [1.165, 1.54) is 13.3 Å². The van der Waals surface area contributed by atoms with Crippen LogP contribution < -0.4 is 0 Å². The fourth-order valence-electron chi connectivity index (χ4n) is 3.61. The molecular weight excluding hydrogens is 248 g/mol. The molecule has 0 radical (unpaired) electrons. The van der Waals surface area contributed by atoms with Crippen molar-refractivity contribution in [2.24, 2.45) is 0 Å². The number of hydrogen-bond donors (Lipinski definition) is 1. The molecule has 1 heterocycles. The molecule has 1 spiro atoms. The monoisotopic (exact) mass is 270 g/mol. The fraction of sp³-hybridized carbons (Fsp3) is 0.929. The van der Waals surface area contributed by atoms with E-state index in [9.17, 15) is 9.90 Å². The van der Waals surface area contributed by atoms with Crippen LogP contribution in [0, 0.1) is 0 Å². The summed E-state index contributed by atoms with van der Waals surface area (Å²) in [7, 11) is 0. The van der Waals surface area contributed by atoms with Gasteiger partial charge in [0.25, 0.3) is 0 Å². The van der Waals surface area contributed by atoms with Gasteiger partial charge in [-0.05, 0) is 12.8 Å². The van der Waals surface area contributed by atoms with Gasteiger partial charge in [0.15, 0.2) is 5.79 Å². The van der Waals surface area contributed by atoms with E-state index in [4.69, 9.17) is 14.2 Å². The zero-order valence-corrected chi connectivity index (χ0v) is 11.3. The van der Waals surface area contributed by atoms with E-state index in [2.05, 4.69) is 0 Å². The number of ether oxygens (including phenoxy) is 3. The van der Waals surface area contributed by atoms with Gasteiger partial charge in [-0.1, -0.05) is 6.42 Å². The Morgan fingerprint density at radius 1 is 1.21 bits per heavy atom. The van der Waals surface area contributed by atoms with E-state index < -0.39 is 11.9 Å². The largest absolute Gasteiger partial charge is 0.460 e. The van der Waals surface area contributed by atoms with Gasteiger partial charge in [-0.2, -0.15) is 0 Å². The van der Waals surface area contributed by atoms with E-state index in [0.29, 0.717) is 12.8 Å². The zero-order valence-electron chi connectivity index (χ0n) is 11.3. The lowest BCUT2D eigenvalue weighted by atomic mass is 9.90. The average Bonchev–Trinajstić information content (AvgIpc) is 2.67. The summed E-state index contributed by atoms with van der Waals surface area (Å²) >= 11 is 0. The standard InChI is InChI=1S/C14H22O5/c1-9(15)17-11-7-10(16)8-12-13(11)19-14(18-12)5-3-2-4-6-14/h10-13,16H,2-8H2,1H3/t10-,11-,12-,13+/m1/s1. The summed E-state index contributed by atoms with van der Waals surface area (Å²) in [5.41, 5.74) is 0. The number of fused-ring (bicyclic) bond motifs is 1. The van der Waals surface area contributed by atoms with Crippen LogP contribution in [-0.2, 0) is 19.0 Å². The molecule has 0 aromatic carbocycles. The minimum Gasteiger partial charge on any atom is -0.460 e. The average molecular weight is 270 g/mol. The maximum Gasteiger partial charge on any atom is 0.302 e. The third-order valence-corrected chi connectivity index (χ3v) is 4.39. The molecular formula is C14H22O5. The van der Waals surface area contributed by atoms with Crippen LogP contribution in [0.25, 0.3) is 0 Å². The smallest absolute Gasteiger partial charge is 0.302 e. The van der Waals surface area contributed by atoms with Gasteiger partial charge >= 0.3 is 5.97 Å². The van der Waals surface area contributed by atoms with Crippen LogP contribution in [0.15, 0.2) is 0 Å². The molecule has 3 aliphatic rings. The van der Waals surface area contributed by atoms with Crippen LogP contribution in [0.1, 0.15) is 51.9 Å². The third kappa shape index (κ3) is 2.64. The second-order valence-electron chi connectivity index (χ2n) is 5.98. The van der Waals surface area contributed by atoms with E-state index in [-0.39, 0.29) is 24.3 Å². The molecule has 0 unspecified atom stereocenters. The summed E-state index contributed by atoms with van der Waals surface area (Å²) in [5.74, 6) is -0.818. The number of aliphatic hydroxyl groups is 1. The molecule has 19 heavy (non-hydrogen) atoms. The first-order chi connectivity index (χ1) is 9.08. The Morgan fingerprint density at radius 3 is 2.63 bits per heavy atom. The first-order valence-electron chi connectivity index (χ1n) is 7.29. The molecule has 1 aliphatic heterocycles. The van der Waals surface area contributed by atoms with Gasteiger partial charge in [0.05, 0.1) is 12.2 Å². The molecule has 5 heteroatoms. The van der Waals surface area contributed by atoms with Gasteiger partial charge in [-0.15, -0.1) is 0 Å². The van der Waals surface area contributed by atoms with Crippen LogP contribution in [0.4, 0.5) is 0 Å². The van der Waals surface area contributed by atoms with Gasteiger partial charge in [0, 0.05) is 32.6 Å². The van der Waals surface area contributed by atoms with Crippen LogP contribution in [0.5, 0.6) is 0 Å². The molecule has 5 nitrogen and oxygen atoms in total. The predicted octanol–water partition coefficient (Wildman–Crippen LogP) is 1.52. The van der Waals surface area contributed by atoms with Crippen molar-refractivity contribution in [3.05, 3.63) is 0 Å². The summed E-state index contributed by atoms with van der Waals surface area (Å²) in [6, 6.07) is 0. The maximum absolute atomic E-state index is 11.2. The van der Waals surface area contributed by atoms with Crippen molar-refractivity contribution in [3.63, 3.8) is 0 Å². The Balaban J connectivity index is 1.74. The molecule has 0 bridgehead atoms. The molecule has 2 saturated carbocycles. The minimum atomic E-state index is -0.490. The summed E-state index contributed by atoms with van der Waals surface area (Å²) in [4.78, 5) is 11.2. The van der Waals surface area contributed by atoms with Crippen LogP contribution in [0.3, 0.4) is 0 Å². The van der Waals surface area contributed by atoms with Gasteiger partial charge in [0.1, 0.15) is 12.2 Å². The first kappa shape index (κ1) is 13.3. The summed E-state index contributed by atoms with van der Waals surface area (Å²) < 4.78 is 17.6. The number of rotatable bonds is 1. The number of hydrogen-bond acceptors (Lipinski definition) is 5. The van der Waals surface area contributed by atoms with Crippen LogP contribution in [0.2, 0.25) is 0 Å². The summed E-state index contributed by atoms with van der Waals surface area (Å²) in [6.45, 7) is 1.39. The number of aliphatic hydroxyl groups excluding tert-OH is 1. The number of carbonyl (C=O) groups is 1. The molecule has 108 valence electrons. The van der Waals surface area contributed by atoms with Gasteiger partial charge < -0.3 is 19.3 Å². The number of esters is 1. The van der Waals surface area contributed by atoms with E-state index >= 15 is 0 Å². The van der Waals surface area contributed by atoms with E-state index in [1.807, 2.05) is 0 Å². The molecule has 1 N–H and O–H groups in total. The zero-order chi connectivity index (χ0) is 13.5. The molecule has 2 aliphatic carbocycles. The van der Waals surface area contributed by atoms with Crippen molar-refractivity contribution in [1.82, 2.24) is 0 Å². The van der Waals surface area contributed by atoms with Crippen molar-refractivity contribution in [2.75, 3.05) is 0 Å². The Hall–Kier alpha value is -0.650. The molecule has 3 rings (SSSR count). The Kier molecular flexibility index (Phi) is 3.53. The van der Waals surface area contributed by atoms with Gasteiger partial charge in [-0.3, -0.25) is 4.79 Å². The third-order valence-electron chi connectivity index (χ3n) is 4.39. The van der Waals surface area contributed by atoms with Crippen molar-refractivity contribution in [2.45, 2.75) is 82.1 Å². The highest BCUT2D eigenvalue weighted by Crippen LogP contribution is 2.45. The molecule has 4 atom stereocenters. The number of carbonyl (C=O) groups excluding carboxylic acids is 1. The van der Waals surface area contributed by atoms with Crippen molar-refractivity contribution < 1.29 is 24.1 Å². The van der Waals surface area contributed by atoms with Crippen LogP contribution >= 0.6 is 0 Å². The molecule has 1 saturated heterocycles. The topological polar surface area (TPSA) is 65.0 Å². The predicted molar refractivity (Wildman–Crippen MR) is 66.4 cm³/mol. The SMILES string of the molecule is CC(=O)O[C@@H]1C[C@@H](O)C[C@H]2OC3(CCCCC3)O[C@@H]12. The van der Waals surface area contributed by atoms with E-state index in [0.717, 1.165) is 25.7 Å².